The van der Waals surface area contributed by atoms with Crippen molar-refractivity contribution < 1.29 is 66.0 Å². The van der Waals surface area contributed by atoms with Crippen molar-refractivity contribution in [1.82, 2.24) is 0 Å². The Morgan fingerprint density at radius 3 is 2.16 bits per heavy atom. The third-order valence-electron chi connectivity index (χ3n) is 2.27. The molecule has 0 aliphatic rings. The van der Waals surface area contributed by atoms with E-state index in [1.807, 2.05) is 12.1 Å². The molecular formula is C14H16KNO3. The van der Waals surface area contributed by atoms with Gasteiger partial charge in [-0.3, -0.25) is 0 Å². The van der Waals surface area contributed by atoms with E-state index in [0.29, 0.717) is 18.8 Å². The van der Waals surface area contributed by atoms with Crippen molar-refractivity contribution in [3.8, 4) is 6.07 Å². The van der Waals surface area contributed by atoms with Crippen LogP contribution in [0.4, 0.5) is 0 Å². The van der Waals surface area contributed by atoms with Gasteiger partial charge in [0.05, 0.1) is 11.6 Å². The molecule has 0 aliphatic carbocycles. The van der Waals surface area contributed by atoms with Gasteiger partial charge in [-0.25, -0.2) is 0 Å². The smallest absolute Gasteiger partial charge is 0.871 e. The van der Waals surface area contributed by atoms with Crippen LogP contribution in [0.2, 0.25) is 0 Å². The number of rotatable bonds is 6. The monoisotopic (exact) mass is 285 g/mol. The first-order chi connectivity index (χ1) is 8.74. The minimum atomic E-state index is -1.00. The predicted molar refractivity (Wildman–Crippen MR) is 66.0 cm³/mol. The zero-order chi connectivity index (χ0) is 13.4. The van der Waals surface area contributed by atoms with Gasteiger partial charge in [-0.15, -0.1) is 0 Å². The maximum absolute atomic E-state index is 12.1. The van der Waals surface area contributed by atoms with Crippen LogP contribution in [-0.4, -0.2) is 19.5 Å². The van der Waals surface area contributed by atoms with Crippen molar-refractivity contribution in [2.75, 3.05) is 13.2 Å². The van der Waals surface area contributed by atoms with E-state index in [2.05, 4.69) is 0 Å². The topological polar surface area (TPSA) is 65.3 Å². The summed E-state index contributed by atoms with van der Waals surface area (Å²) in [6, 6.07) is 10.7. The molecule has 0 atom stereocenters. The molecular weight excluding hydrogens is 269 g/mol. The maximum atomic E-state index is 12.1. The number of benzene rings is 1. The Bertz CT molecular complexity index is 434. The average Bonchev–Trinajstić information content (AvgIpc) is 2.40. The summed E-state index contributed by atoms with van der Waals surface area (Å²) in [5.74, 6) is -0.438. The molecule has 0 saturated carbocycles. The molecule has 0 unspecified atom stereocenters. The van der Waals surface area contributed by atoms with Crippen molar-refractivity contribution in [2.45, 2.75) is 20.1 Å². The summed E-state index contributed by atoms with van der Waals surface area (Å²) in [6.07, 6.45) is -1.00. The van der Waals surface area contributed by atoms with Crippen LogP contribution >= 0.6 is 0 Å². The van der Waals surface area contributed by atoms with Crippen molar-refractivity contribution >= 4 is 5.57 Å². The van der Waals surface area contributed by atoms with Gasteiger partial charge in [-0.1, -0.05) is 36.1 Å². The Morgan fingerprint density at radius 2 is 1.74 bits per heavy atom. The van der Waals surface area contributed by atoms with Crippen LogP contribution in [0.3, 0.4) is 0 Å². The van der Waals surface area contributed by atoms with Gasteiger partial charge in [-0.05, 0) is 19.4 Å². The van der Waals surface area contributed by atoms with Crippen molar-refractivity contribution in [2.24, 2.45) is 0 Å². The Labute approximate surface area is 156 Å². The summed E-state index contributed by atoms with van der Waals surface area (Å²) in [6.45, 7) is 4.25. The second-order valence-corrected chi connectivity index (χ2v) is 3.46. The maximum Gasteiger partial charge on any atom is 1.00 e. The van der Waals surface area contributed by atoms with Crippen LogP contribution in [0.15, 0.2) is 36.1 Å². The summed E-state index contributed by atoms with van der Waals surface area (Å²) >= 11 is 0. The summed E-state index contributed by atoms with van der Waals surface area (Å²) in [5, 5.41) is 21.3. The fourth-order valence-electron chi connectivity index (χ4n) is 1.49. The molecule has 4 nitrogen and oxygen atoms in total. The molecule has 0 saturated heterocycles. The molecule has 1 aromatic carbocycles. The zero-order valence-electron chi connectivity index (χ0n) is 11.6. The Balaban J connectivity index is 0.00000324. The molecule has 1 rings (SSSR count). The van der Waals surface area contributed by atoms with Gasteiger partial charge < -0.3 is 14.6 Å². The van der Waals surface area contributed by atoms with Gasteiger partial charge in [0, 0.05) is 13.2 Å². The van der Waals surface area contributed by atoms with E-state index >= 15 is 0 Å². The molecule has 0 N–H and O–H groups in total. The largest absolute Gasteiger partial charge is 1.00 e. The number of nitriles is 1. The van der Waals surface area contributed by atoms with Crippen molar-refractivity contribution in [3.05, 3.63) is 41.7 Å². The molecule has 5 heteroatoms. The molecule has 19 heavy (non-hydrogen) atoms. The van der Waals surface area contributed by atoms with Gasteiger partial charge in [0.25, 0.3) is 0 Å². The number of allylic oxidation sites excluding steroid dienone is 1. The van der Waals surface area contributed by atoms with Gasteiger partial charge in [0.15, 0.2) is 6.29 Å². The molecule has 1 aromatic rings. The third kappa shape index (κ3) is 5.75. The van der Waals surface area contributed by atoms with Gasteiger partial charge >= 0.3 is 51.4 Å². The van der Waals surface area contributed by atoms with Crippen LogP contribution in [0.25, 0.3) is 5.57 Å². The van der Waals surface area contributed by atoms with E-state index in [1.165, 1.54) is 0 Å². The molecule has 0 radical (unpaired) electrons. The zero-order valence-corrected chi connectivity index (χ0v) is 14.7. The molecule has 96 valence electrons. The minimum absolute atomic E-state index is 0. The Hall–Kier alpha value is -0.194. The number of ether oxygens (including phenoxy) is 2. The number of hydrogen-bond donors (Lipinski definition) is 0. The van der Waals surface area contributed by atoms with E-state index in [1.54, 1.807) is 38.1 Å². The van der Waals surface area contributed by atoms with E-state index in [0.717, 1.165) is 0 Å². The van der Waals surface area contributed by atoms with Crippen molar-refractivity contribution in [3.63, 3.8) is 0 Å². The summed E-state index contributed by atoms with van der Waals surface area (Å²) in [4.78, 5) is 0. The van der Waals surface area contributed by atoms with Crippen LogP contribution in [0.1, 0.15) is 19.4 Å². The normalized spacial score (nSPS) is 11.5. The first-order valence-electron chi connectivity index (χ1n) is 5.84. The molecule has 0 aromatic heterocycles. The summed E-state index contributed by atoms with van der Waals surface area (Å²) in [7, 11) is 0. The third-order valence-corrected chi connectivity index (χ3v) is 2.27. The fourth-order valence-corrected chi connectivity index (χ4v) is 1.49. The SMILES string of the molecule is CCOC(OCC)C([O-])=C(C#N)c1ccccc1.[K+]. The van der Waals surface area contributed by atoms with Gasteiger partial charge in [-0.2, -0.15) is 5.26 Å². The van der Waals surface area contributed by atoms with Crippen LogP contribution < -0.4 is 56.5 Å². The molecule has 0 aliphatic heterocycles. The molecule has 0 heterocycles. The number of hydrogen-bond acceptors (Lipinski definition) is 4. The minimum Gasteiger partial charge on any atom is -0.871 e. The number of nitrogens with zero attached hydrogens (tertiary/aromatic N) is 1. The first-order valence-corrected chi connectivity index (χ1v) is 5.84. The summed E-state index contributed by atoms with van der Waals surface area (Å²) in [5.41, 5.74) is 0.636. The standard InChI is InChI=1S/C14H17NO3.K/c1-3-17-14(18-4-2)13(16)12(10-15)11-8-6-5-7-9-11;/h5-9,14,16H,3-4H2,1-2H3;/q;+1/p-1. The van der Waals surface area contributed by atoms with E-state index in [9.17, 15) is 5.11 Å². The van der Waals surface area contributed by atoms with E-state index < -0.39 is 12.0 Å². The Morgan fingerprint density at radius 1 is 1.21 bits per heavy atom. The van der Waals surface area contributed by atoms with Crippen molar-refractivity contribution in [1.29, 1.82) is 5.26 Å². The second kappa shape index (κ2) is 10.6. The second-order valence-electron chi connectivity index (χ2n) is 3.46. The molecule has 0 amide bonds. The van der Waals surface area contributed by atoms with Gasteiger partial charge in [0.1, 0.15) is 0 Å². The Kier molecular flexibility index (Phi) is 10.5. The van der Waals surface area contributed by atoms with Crippen LogP contribution in [0.5, 0.6) is 0 Å². The summed E-state index contributed by atoms with van der Waals surface area (Å²) < 4.78 is 10.4. The first kappa shape index (κ1) is 18.8. The molecule has 0 bridgehead atoms. The molecule has 0 spiro atoms. The van der Waals surface area contributed by atoms with E-state index in [-0.39, 0.29) is 57.0 Å². The average molecular weight is 285 g/mol. The quantitative estimate of drug-likeness (QED) is 0.282. The van der Waals surface area contributed by atoms with Crippen LogP contribution in [-0.2, 0) is 9.47 Å². The predicted octanol–water partition coefficient (Wildman–Crippen LogP) is -1.32. The van der Waals surface area contributed by atoms with E-state index in [4.69, 9.17) is 14.7 Å². The van der Waals surface area contributed by atoms with Gasteiger partial charge in [0.2, 0.25) is 0 Å². The van der Waals surface area contributed by atoms with Crippen LogP contribution in [0, 0.1) is 11.3 Å². The molecule has 0 fully saturated rings. The fraction of sp³-hybridized carbons (Fsp3) is 0.357.